The molecule has 4 atom stereocenters. The third-order valence-electron chi connectivity index (χ3n) is 5.23. The lowest BCUT2D eigenvalue weighted by Gasteiger charge is -2.34. The molecule has 2 aliphatic carbocycles. The number of fused-ring (bicyclic) bond motifs is 2. The van der Waals surface area contributed by atoms with E-state index in [0.29, 0.717) is 22.9 Å². The topological polar surface area (TPSA) is 240 Å². The Kier molecular flexibility index (Phi) is 7.03. The largest absolute Gasteiger partial charge is 0.350 e. The average Bonchev–Trinajstić information content (AvgIpc) is 2.49. The lowest BCUT2D eigenvalue weighted by Crippen LogP contribution is -2.82. The van der Waals surface area contributed by atoms with Gasteiger partial charge in [0.25, 0.3) is 0 Å². The van der Waals surface area contributed by atoms with Gasteiger partial charge in [-0.1, -0.05) is 20.8 Å². The van der Waals surface area contributed by atoms with Crippen LogP contribution in [-0.2, 0) is 0 Å². The van der Waals surface area contributed by atoms with Crippen molar-refractivity contribution < 1.29 is 69.2 Å². The first-order valence-electron chi connectivity index (χ1n) is 6.31. The van der Waals surface area contributed by atoms with Crippen LogP contribution in [0.4, 0.5) is 0 Å². The zero-order valence-corrected chi connectivity index (χ0v) is 14.1. The van der Waals surface area contributed by atoms with Gasteiger partial charge in [0.15, 0.2) is 0 Å². The van der Waals surface area contributed by atoms with E-state index in [1.807, 2.05) is 0 Å². The van der Waals surface area contributed by atoms with Gasteiger partial charge >= 0.3 is 0 Å². The zero-order chi connectivity index (χ0) is 18.1. The minimum atomic E-state index is -4.94. The fourth-order valence-corrected chi connectivity index (χ4v) is 3.73. The molecule has 0 radical (unpaired) electrons. The summed E-state index contributed by atoms with van der Waals surface area (Å²) in [6, 6.07) is 1.17. The summed E-state index contributed by atoms with van der Waals surface area (Å²) in [5, 5.41) is 0. The highest BCUT2D eigenvalue weighted by atomic mass is 35.7. The Morgan fingerprint density at radius 1 is 0.818 bits per heavy atom. The van der Waals surface area contributed by atoms with Crippen molar-refractivity contribution in [3.63, 3.8) is 0 Å². The normalized spacial score (nSPS) is 36.1. The third-order valence-corrected chi connectivity index (χ3v) is 5.23. The first-order chi connectivity index (χ1) is 9.41. The molecule has 2 rings (SSSR count). The highest BCUT2D eigenvalue weighted by Gasteiger charge is 2.68. The Morgan fingerprint density at radius 3 is 1.27 bits per heavy atom. The van der Waals surface area contributed by atoms with Crippen LogP contribution in [-0.4, -0.2) is 12.1 Å². The van der Waals surface area contributed by atoms with Crippen LogP contribution in [0.3, 0.4) is 0 Å². The van der Waals surface area contributed by atoms with E-state index in [9.17, 15) is 0 Å². The van der Waals surface area contributed by atoms with Gasteiger partial charge in [0.2, 0.25) is 0 Å². The molecule has 2 bridgehead atoms. The van der Waals surface area contributed by atoms with Gasteiger partial charge in [-0.25, -0.2) is 37.3 Å². The molecule has 6 N–H and O–H groups in total. The zero-order valence-electron chi connectivity index (χ0n) is 12.6. The predicted octanol–water partition coefficient (Wildman–Crippen LogP) is -9.85. The van der Waals surface area contributed by atoms with E-state index in [0.717, 1.165) is 5.92 Å². The van der Waals surface area contributed by atoms with Crippen molar-refractivity contribution in [3.05, 3.63) is 0 Å². The standard InChI is InChI=1S/C10H20N2.2ClHO4/c1-9(2)6-4-5-10(9,3)8(12)7(6)11;2*2-1(3,4)5/h6-8H,4-5,11-12H2,1-3H3;2*(H,2,3,4,5). The van der Waals surface area contributed by atoms with E-state index in [1.54, 1.807) is 0 Å². The molecule has 0 aromatic carbocycles. The summed E-state index contributed by atoms with van der Waals surface area (Å²) in [5.74, 6) is 0.824. The second-order valence-electron chi connectivity index (χ2n) is 6.31. The molecule has 134 valence electrons. The molecule has 2 fully saturated rings. The van der Waals surface area contributed by atoms with Gasteiger partial charge in [-0.3, -0.25) is 0 Å². The molecule has 2 saturated carbocycles. The van der Waals surface area contributed by atoms with Crippen molar-refractivity contribution in [1.29, 1.82) is 0 Å². The van der Waals surface area contributed by atoms with Gasteiger partial charge in [-0.15, -0.1) is 20.5 Å². The molecule has 2 aliphatic rings. The maximum Gasteiger partial charge on any atom is 0.143 e. The van der Waals surface area contributed by atoms with E-state index < -0.39 is 20.5 Å². The van der Waals surface area contributed by atoms with Crippen molar-refractivity contribution >= 4 is 0 Å². The van der Waals surface area contributed by atoms with E-state index in [2.05, 4.69) is 32.2 Å². The maximum absolute atomic E-state index is 8.49. The number of hydrogen-bond acceptors (Lipinski definition) is 8. The Morgan fingerprint density at radius 2 is 1.14 bits per heavy atom. The molecule has 0 aromatic heterocycles. The maximum atomic E-state index is 8.49. The Labute approximate surface area is 132 Å². The molecule has 0 aromatic rings. The first kappa shape index (κ1) is 22.2. The quantitative estimate of drug-likeness (QED) is 0.414. The summed E-state index contributed by atoms with van der Waals surface area (Å²) in [6.07, 6.45) is 2.74. The van der Waals surface area contributed by atoms with Gasteiger partial charge in [0.1, 0.15) is 12.1 Å². The van der Waals surface area contributed by atoms with Crippen molar-refractivity contribution in [1.82, 2.24) is 0 Å². The van der Waals surface area contributed by atoms with Crippen LogP contribution in [0.1, 0.15) is 33.6 Å². The number of quaternary nitrogens is 2. The molecule has 0 amide bonds. The van der Waals surface area contributed by atoms with Crippen molar-refractivity contribution in [3.8, 4) is 0 Å². The minimum absolute atomic E-state index is 0.462. The molecular weight excluding hydrogens is 347 g/mol. The van der Waals surface area contributed by atoms with Crippen LogP contribution >= 0.6 is 0 Å². The van der Waals surface area contributed by atoms with E-state index in [-0.39, 0.29) is 0 Å². The monoisotopic (exact) mass is 368 g/mol. The van der Waals surface area contributed by atoms with E-state index in [4.69, 9.17) is 37.3 Å². The molecule has 0 aliphatic heterocycles. The molecule has 0 spiro atoms. The SMILES string of the molecule is CC1(C)C2CCC1(C)C([NH3+])C2[NH3+].[O-][Cl+3]([O-])([O-])[O-].[O-][Cl+3]([O-])([O-])[O-]. The molecule has 0 heterocycles. The summed E-state index contributed by atoms with van der Waals surface area (Å²) >= 11 is 0. The second-order valence-corrected chi connectivity index (χ2v) is 7.82. The number of hydrogen-bond donors (Lipinski definition) is 2. The first-order valence-corrected chi connectivity index (χ1v) is 8.78. The van der Waals surface area contributed by atoms with Gasteiger partial charge < -0.3 is 11.5 Å². The average molecular weight is 369 g/mol. The molecule has 22 heavy (non-hydrogen) atoms. The third kappa shape index (κ3) is 6.00. The second kappa shape index (κ2) is 6.97. The lowest BCUT2D eigenvalue weighted by molar-refractivity contribution is -2.00. The summed E-state index contributed by atoms with van der Waals surface area (Å²) in [5.41, 5.74) is 9.53. The molecule has 0 saturated heterocycles. The van der Waals surface area contributed by atoms with Crippen LogP contribution in [0, 0.1) is 37.2 Å². The highest BCUT2D eigenvalue weighted by Crippen LogP contribution is 2.63. The van der Waals surface area contributed by atoms with Gasteiger partial charge in [-0.05, 0) is 18.3 Å². The Hall–Kier alpha value is 0.180. The smallest absolute Gasteiger partial charge is 0.143 e. The van der Waals surface area contributed by atoms with E-state index in [1.165, 1.54) is 12.8 Å². The summed E-state index contributed by atoms with van der Waals surface area (Å²) in [4.78, 5) is 0. The molecule has 12 heteroatoms. The van der Waals surface area contributed by atoms with Crippen molar-refractivity contribution in [2.75, 3.05) is 0 Å². The predicted molar refractivity (Wildman–Crippen MR) is 48.0 cm³/mol. The highest BCUT2D eigenvalue weighted by molar-refractivity contribution is 5.13. The van der Waals surface area contributed by atoms with Crippen LogP contribution in [0.5, 0.6) is 0 Å². The fraction of sp³-hybridized carbons (Fsp3) is 1.00. The van der Waals surface area contributed by atoms with Gasteiger partial charge in [-0.2, -0.15) is 0 Å². The summed E-state index contributed by atoms with van der Waals surface area (Å²) in [7, 11) is -9.89. The fourth-order valence-electron chi connectivity index (χ4n) is 3.73. The van der Waals surface area contributed by atoms with Crippen LogP contribution < -0.4 is 48.7 Å². The lowest BCUT2D eigenvalue weighted by atomic mass is 9.69. The van der Waals surface area contributed by atoms with Crippen LogP contribution in [0.15, 0.2) is 0 Å². The van der Waals surface area contributed by atoms with Crippen LogP contribution in [0.2, 0.25) is 0 Å². The Balaban J connectivity index is 0.000000372. The van der Waals surface area contributed by atoms with Crippen molar-refractivity contribution in [2.24, 2.45) is 16.7 Å². The minimum Gasteiger partial charge on any atom is -0.350 e. The van der Waals surface area contributed by atoms with Gasteiger partial charge in [0, 0.05) is 11.3 Å². The number of rotatable bonds is 0. The summed E-state index contributed by atoms with van der Waals surface area (Å²) < 4.78 is 67.9. The van der Waals surface area contributed by atoms with E-state index >= 15 is 0 Å². The van der Waals surface area contributed by atoms with Crippen LogP contribution in [0.25, 0.3) is 0 Å². The molecule has 10 nitrogen and oxygen atoms in total. The molecule has 4 unspecified atom stereocenters. The van der Waals surface area contributed by atoms with Gasteiger partial charge in [0.05, 0.1) is 0 Å². The Bertz CT molecular complexity index is 349. The summed E-state index contributed by atoms with van der Waals surface area (Å²) in [6.45, 7) is 7.23. The van der Waals surface area contributed by atoms with Crippen molar-refractivity contribution in [2.45, 2.75) is 45.7 Å². The molecular formula is C10H22Cl2N2O8. The number of halogens is 2.